The Morgan fingerprint density at radius 2 is 1.89 bits per heavy atom. The van der Waals surface area contributed by atoms with E-state index in [0.29, 0.717) is 17.1 Å². The number of benzene rings is 2. The standard InChI is InChI=1S/C21H20N2O5/c1-27-18-11-9-16(10-12-18)22-20(26)21(14-19(24)25)13-17(23-28-21)8-7-15-5-3-2-4-6-15/h2-12H,13-14H2,1H3,(H,22,26)(H,24,25). The lowest BCUT2D eigenvalue weighted by atomic mass is 9.92. The minimum absolute atomic E-state index is 0.0601. The quantitative estimate of drug-likeness (QED) is 0.768. The number of hydrogen-bond donors (Lipinski definition) is 2. The number of rotatable bonds is 7. The Morgan fingerprint density at radius 3 is 2.54 bits per heavy atom. The summed E-state index contributed by atoms with van der Waals surface area (Å²) in [7, 11) is 1.55. The second kappa shape index (κ2) is 8.39. The summed E-state index contributed by atoms with van der Waals surface area (Å²) in [5.41, 5.74) is 0.369. The number of carboxylic acid groups (broad SMARTS) is 1. The molecule has 7 heteroatoms. The number of ether oxygens (including phenoxy) is 1. The van der Waals surface area contributed by atoms with Crippen LogP contribution < -0.4 is 10.1 Å². The number of oxime groups is 1. The van der Waals surface area contributed by atoms with Crippen molar-refractivity contribution in [2.75, 3.05) is 12.4 Å². The zero-order chi connectivity index (χ0) is 20.0. The minimum Gasteiger partial charge on any atom is -0.497 e. The van der Waals surface area contributed by atoms with Crippen LogP contribution in [0.3, 0.4) is 0 Å². The highest BCUT2D eigenvalue weighted by Crippen LogP contribution is 2.30. The molecule has 28 heavy (non-hydrogen) atoms. The van der Waals surface area contributed by atoms with Crippen LogP contribution in [-0.4, -0.2) is 35.4 Å². The fourth-order valence-electron chi connectivity index (χ4n) is 2.81. The molecule has 0 aliphatic carbocycles. The third-order valence-corrected chi connectivity index (χ3v) is 4.27. The van der Waals surface area contributed by atoms with Crippen molar-refractivity contribution in [1.29, 1.82) is 0 Å². The van der Waals surface area contributed by atoms with E-state index < -0.39 is 23.9 Å². The summed E-state index contributed by atoms with van der Waals surface area (Å²) in [6, 6.07) is 16.3. The van der Waals surface area contributed by atoms with E-state index in [2.05, 4.69) is 10.5 Å². The van der Waals surface area contributed by atoms with Crippen molar-refractivity contribution in [1.82, 2.24) is 0 Å². The van der Waals surface area contributed by atoms with Crippen molar-refractivity contribution in [2.24, 2.45) is 5.16 Å². The Balaban J connectivity index is 1.73. The van der Waals surface area contributed by atoms with Crippen LogP contribution >= 0.6 is 0 Å². The molecular formula is C21H20N2O5. The number of carboxylic acids is 1. The number of hydrogen-bond acceptors (Lipinski definition) is 5. The first kappa shape index (κ1) is 19.2. The van der Waals surface area contributed by atoms with Crippen LogP contribution in [0.5, 0.6) is 5.75 Å². The van der Waals surface area contributed by atoms with Gasteiger partial charge in [0.05, 0.1) is 19.2 Å². The molecule has 1 atom stereocenters. The molecule has 0 spiro atoms. The second-order valence-electron chi connectivity index (χ2n) is 6.34. The van der Waals surface area contributed by atoms with Gasteiger partial charge < -0.3 is 20.0 Å². The SMILES string of the molecule is COc1ccc(NC(=O)C2(CC(=O)O)CC(C=Cc3ccccc3)=NO2)cc1. The van der Waals surface area contributed by atoms with E-state index in [0.717, 1.165) is 5.56 Å². The number of anilines is 1. The largest absolute Gasteiger partial charge is 0.497 e. The van der Waals surface area contributed by atoms with Gasteiger partial charge in [-0.15, -0.1) is 0 Å². The molecule has 0 fully saturated rings. The number of allylic oxidation sites excluding steroid dienone is 1. The molecule has 2 aromatic carbocycles. The normalized spacial score (nSPS) is 18.4. The summed E-state index contributed by atoms with van der Waals surface area (Å²) in [6.07, 6.45) is 3.12. The van der Waals surface area contributed by atoms with Crippen molar-refractivity contribution in [3.05, 3.63) is 66.2 Å². The highest BCUT2D eigenvalue weighted by Gasteiger charge is 2.48. The van der Waals surface area contributed by atoms with E-state index in [1.54, 1.807) is 37.5 Å². The number of amides is 1. The average Bonchev–Trinajstić information content (AvgIpc) is 3.11. The van der Waals surface area contributed by atoms with Crippen LogP contribution in [0.4, 0.5) is 5.69 Å². The maximum absolute atomic E-state index is 12.8. The van der Waals surface area contributed by atoms with Gasteiger partial charge in [-0.3, -0.25) is 9.59 Å². The van der Waals surface area contributed by atoms with E-state index in [9.17, 15) is 14.7 Å². The maximum Gasteiger partial charge on any atom is 0.308 e. The Kier molecular flexibility index (Phi) is 5.74. The number of aliphatic carboxylic acids is 1. The molecule has 0 saturated carbocycles. The summed E-state index contributed by atoms with van der Waals surface area (Å²) >= 11 is 0. The van der Waals surface area contributed by atoms with Gasteiger partial charge in [0, 0.05) is 12.1 Å². The zero-order valence-electron chi connectivity index (χ0n) is 15.3. The fraction of sp³-hybridized carbons (Fsp3) is 0.190. The first-order valence-corrected chi connectivity index (χ1v) is 8.66. The Hall–Kier alpha value is -3.61. The molecule has 1 aliphatic heterocycles. The van der Waals surface area contributed by atoms with Gasteiger partial charge in [-0.05, 0) is 35.9 Å². The lowest BCUT2D eigenvalue weighted by molar-refractivity contribution is -0.152. The summed E-state index contributed by atoms with van der Waals surface area (Å²) in [5.74, 6) is -1.06. The van der Waals surface area contributed by atoms with Gasteiger partial charge in [0.25, 0.3) is 5.91 Å². The third kappa shape index (κ3) is 4.56. The third-order valence-electron chi connectivity index (χ3n) is 4.27. The molecule has 1 unspecified atom stereocenters. The lowest BCUT2D eigenvalue weighted by Gasteiger charge is -2.23. The van der Waals surface area contributed by atoms with E-state index >= 15 is 0 Å². The molecule has 3 rings (SSSR count). The van der Waals surface area contributed by atoms with Crippen molar-refractivity contribution < 1.29 is 24.3 Å². The van der Waals surface area contributed by atoms with Gasteiger partial charge in [0.15, 0.2) is 0 Å². The predicted octanol–water partition coefficient (Wildman–Crippen LogP) is 3.34. The molecule has 0 saturated heterocycles. The minimum atomic E-state index is -1.60. The van der Waals surface area contributed by atoms with Gasteiger partial charge in [-0.25, -0.2) is 0 Å². The first-order chi connectivity index (χ1) is 13.5. The summed E-state index contributed by atoms with van der Waals surface area (Å²) in [6.45, 7) is 0. The van der Waals surface area contributed by atoms with Crippen molar-refractivity contribution in [2.45, 2.75) is 18.4 Å². The topological polar surface area (TPSA) is 97.2 Å². The molecule has 0 aromatic heterocycles. The fourth-order valence-corrected chi connectivity index (χ4v) is 2.81. The number of nitrogens with one attached hydrogen (secondary N) is 1. The Labute approximate surface area is 162 Å². The second-order valence-corrected chi connectivity index (χ2v) is 6.34. The molecule has 1 aliphatic rings. The van der Waals surface area contributed by atoms with Crippen molar-refractivity contribution in [3.63, 3.8) is 0 Å². The maximum atomic E-state index is 12.8. The number of nitrogens with zero attached hydrogens (tertiary/aromatic N) is 1. The van der Waals surface area contributed by atoms with Crippen LogP contribution in [-0.2, 0) is 14.4 Å². The summed E-state index contributed by atoms with van der Waals surface area (Å²) < 4.78 is 5.08. The zero-order valence-corrected chi connectivity index (χ0v) is 15.3. The molecule has 7 nitrogen and oxygen atoms in total. The molecule has 1 heterocycles. The van der Waals surface area contributed by atoms with E-state index in [4.69, 9.17) is 9.57 Å². The number of methoxy groups -OCH3 is 1. The smallest absolute Gasteiger partial charge is 0.308 e. The summed E-state index contributed by atoms with van der Waals surface area (Å²) in [4.78, 5) is 29.5. The molecular weight excluding hydrogens is 360 g/mol. The van der Waals surface area contributed by atoms with Gasteiger partial charge in [-0.2, -0.15) is 0 Å². The van der Waals surface area contributed by atoms with Gasteiger partial charge in [-0.1, -0.05) is 41.6 Å². The lowest BCUT2D eigenvalue weighted by Crippen LogP contribution is -2.45. The molecule has 2 N–H and O–H groups in total. The van der Waals surface area contributed by atoms with Gasteiger partial charge in [0.2, 0.25) is 5.60 Å². The van der Waals surface area contributed by atoms with E-state index in [-0.39, 0.29) is 6.42 Å². The van der Waals surface area contributed by atoms with E-state index in [1.165, 1.54) is 0 Å². The van der Waals surface area contributed by atoms with Crippen LogP contribution in [0.15, 0.2) is 65.8 Å². The van der Waals surface area contributed by atoms with E-state index in [1.807, 2.05) is 36.4 Å². The van der Waals surface area contributed by atoms with Crippen LogP contribution in [0.25, 0.3) is 6.08 Å². The predicted molar refractivity (Wildman–Crippen MR) is 105 cm³/mol. The molecule has 144 valence electrons. The highest BCUT2D eigenvalue weighted by atomic mass is 16.7. The van der Waals surface area contributed by atoms with Crippen molar-refractivity contribution >= 4 is 29.4 Å². The Morgan fingerprint density at radius 1 is 1.18 bits per heavy atom. The number of carbonyl (C=O) groups excluding carboxylic acids is 1. The van der Waals surface area contributed by atoms with Gasteiger partial charge >= 0.3 is 5.97 Å². The monoisotopic (exact) mass is 380 g/mol. The molecule has 2 aromatic rings. The Bertz CT molecular complexity index is 906. The van der Waals surface area contributed by atoms with Crippen LogP contribution in [0.1, 0.15) is 18.4 Å². The molecule has 0 bridgehead atoms. The van der Waals surface area contributed by atoms with Gasteiger partial charge in [0.1, 0.15) is 5.75 Å². The first-order valence-electron chi connectivity index (χ1n) is 8.66. The molecule has 1 amide bonds. The van der Waals surface area contributed by atoms with Crippen LogP contribution in [0, 0.1) is 0 Å². The van der Waals surface area contributed by atoms with Crippen LogP contribution in [0.2, 0.25) is 0 Å². The number of carbonyl (C=O) groups is 2. The molecule has 0 radical (unpaired) electrons. The highest BCUT2D eigenvalue weighted by molar-refractivity contribution is 6.08. The summed E-state index contributed by atoms with van der Waals surface area (Å²) in [5, 5.41) is 15.9. The van der Waals surface area contributed by atoms with Crippen molar-refractivity contribution in [3.8, 4) is 5.75 Å². The average molecular weight is 380 g/mol.